The number of nitrogens with one attached hydrogen (secondary N) is 1. The summed E-state index contributed by atoms with van der Waals surface area (Å²) in [5, 5.41) is 21.1. The molecule has 1 N–H and O–H groups in total. The number of halogens is 1. The number of carbonyl (C=O) groups is 1. The van der Waals surface area contributed by atoms with Gasteiger partial charge in [0.25, 0.3) is 0 Å². The second kappa shape index (κ2) is 10.0. The molecule has 164 valence electrons. The van der Waals surface area contributed by atoms with Gasteiger partial charge in [0, 0.05) is 18.8 Å². The zero-order valence-corrected chi connectivity index (χ0v) is 18.9. The quantitative estimate of drug-likeness (QED) is 0.550. The molecule has 0 saturated carbocycles. The normalized spacial score (nSPS) is 14.6. The molecule has 0 bridgehead atoms. The number of thioether (sulfide) groups is 1. The molecule has 1 fully saturated rings. The van der Waals surface area contributed by atoms with Crippen molar-refractivity contribution in [2.45, 2.75) is 17.3 Å². The van der Waals surface area contributed by atoms with Crippen LogP contribution < -0.4 is 10.2 Å². The third-order valence-electron chi connectivity index (χ3n) is 4.93. The Hall–Kier alpha value is -3.06. The molecular weight excluding hydrogens is 448 g/mol. The summed E-state index contributed by atoms with van der Waals surface area (Å²) in [5.74, 6) is 0.528. The summed E-state index contributed by atoms with van der Waals surface area (Å²) in [7, 11) is 0. The molecule has 1 amide bonds. The van der Waals surface area contributed by atoms with Crippen molar-refractivity contribution >= 4 is 40.9 Å². The number of aromatic nitrogens is 3. The van der Waals surface area contributed by atoms with E-state index in [9.17, 15) is 4.79 Å². The average Bonchev–Trinajstić information content (AvgIpc) is 3.23. The van der Waals surface area contributed by atoms with Crippen LogP contribution in [0.2, 0.25) is 5.02 Å². The molecule has 1 aliphatic rings. The Bertz CT molecular complexity index is 1140. The SMILES string of the molecule is CC(Sc1nnc(N2CCOCC2)n1-c1ccccc1)C(=O)Nc1ccc(C#N)c(Cl)c1. The Labute approximate surface area is 195 Å². The van der Waals surface area contributed by atoms with E-state index in [-0.39, 0.29) is 5.91 Å². The Morgan fingerprint density at radius 3 is 2.66 bits per heavy atom. The Morgan fingerprint density at radius 1 is 1.22 bits per heavy atom. The number of nitriles is 1. The first-order chi connectivity index (χ1) is 15.6. The largest absolute Gasteiger partial charge is 0.378 e. The highest BCUT2D eigenvalue weighted by Gasteiger charge is 2.25. The van der Waals surface area contributed by atoms with Crippen LogP contribution >= 0.6 is 23.4 Å². The molecular formula is C22H21ClN6O2S. The summed E-state index contributed by atoms with van der Waals surface area (Å²) in [5.41, 5.74) is 1.82. The van der Waals surface area contributed by atoms with Gasteiger partial charge in [-0.05, 0) is 37.3 Å². The molecule has 2 aromatic carbocycles. The standard InChI is InChI=1S/C22H21ClN6O2S/c1-15(20(30)25-17-8-7-16(14-24)19(23)13-17)32-22-27-26-21(28-9-11-31-12-10-28)29(22)18-5-3-2-4-6-18/h2-8,13,15H,9-12H2,1H3,(H,25,30). The maximum absolute atomic E-state index is 12.8. The molecule has 1 unspecified atom stereocenters. The first kappa shape index (κ1) is 22.1. The van der Waals surface area contributed by atoms with E-state index in [1.807, 2.05) is 47.9 Å². The van der Waals surface area contributed by atoms with E-state index in [1.165, 1.54) is 11.8 Å². The Morgan fingerprint density at radius 2 is 1.97 bits per heavy atom. The number of morpholine rings is 1. The van der Waals surface area contributed by atoms with Gasteiger partial charge < -0.3 is 15.0 Å². The molecule has 1 aromatic heterocycles. The van der Waals surface area contributed by atoms with Crippen LogP contribution in [0.3, 0.4) is 0 Å². The number of hydrogen-bond donors (Lipinski definition) is 1. The highest BCUT2D eigenvalue weighted by molar-refractivity contribution is 8.00. The summed E-state index contributed by atoms with van der Waals surface area (Å²) in [6.07, 6.45) is 0. The fourth-order valence-electron chi connectivity index (χ4n) is 3.25. The molecule has 8 nitrogen and oxygen atoms in total. The second-order valence-electron chi connectivity index (χ2n) is 7.11. The average molecular weight is 469 g/mol. The van der Waals surface area contributed by atoms with Crippen LogP contribution in [0.15, 0.2) is 53.7 Å². The van der Waals surface area contributed by atoms with Gasteiger partial charge in [-0.25, -0.2) is 0 Å². The molecule has 1 atom stereocenters. The van der Waals surface area contributed by atoms with E-state index >= 15 is 0 Å². The molecule has 0 aliphatic carbocycles. The van der Waals surface area contributed by atoms with Crippen molar-refractivity contribution in [3.8, 4) is 11.8 Å². The van der Waals surface area contributed by atoms with Crippen molar-refractivity contribution < 1.29 is 9.53 Å². The van der Waals surface area contributed by atoms with Crippen LogP contribution in [0.1, 0.15) is 12.5 Å². The first-order valence-electron chi connectivity index (χ1n) is 10.1. The number of hydrogen-bond acceptors (Lipinski definition) is 7. The second-order valence-corrected chi connectivity index (χ2v) is 8.82. The summed E-state index contributed by atoms with van der Waals surface area (Å²) >= 11 is 7.40. The van der Waals surface area contributed by atoms with E-state index in [0.29, 0.717) is 34.6 Å². The molecule has 3 aromatic rings. The molecule has 4 rings (SSSR count). The third-order valence-corrected chi connectivity index (χ3v) is 6.29. The van der Waals surface area contributed by atoms with Gasteiger partial charge in [0.2, 0.25) is 11.9 Å². The van der Waals surface area contributed by atoms with Crippen LogP contribution in [0.4, 0.5) is 11.6 Å². The minimum absolute atomic E-state index is 0.202. The fraction of sp³-hybridized carbons (Fsp3) is 0.273. The van der Waals surface area contributed by atoms with Gasteiger partial charge in [0.15, 0.2) is 5.16 Å². The number of benzene rings is 2. The maximum atomic E-state index is 12.8. The van der Waals surface area contributed by atoms with Gasteiger partial charge >= 0.3 is 0 Å². The Balaban J connectivity index is 1.55. The van der Waals surface area contributed by atoms with E-state index in [1.54, 1.807) is 18.2 Å². The summed E-state index contributed by atoms with van der Waals surface area (Å²) in [4.78, 5) is 15.0. The number of carbonyl (C=O) groups excluding carboxylic acids is 1. The summed E-state index contributed by atoms with van der Waals surface area (Å²) < 4.78 is 7.44. The van der Waals surface area contributed by atoms with Crippen molar-refractivity contribution in [3.63, 3.8) is 0 Å². The van der Waals surface area contributed by atoms with E-state index < -0.39 is 5.25 Å². The van der Waals surface area contributed by atoms with Crippen LogP contribution in [0.25, 0.3) is 5.69 Å². The number of anilines is 2. The highest BCUT2D eigenvalue weighted by Crippen LogP contribution is 2.30. The molecule has 10 heteroatoms. The van der Waals surface area contributed by atoms with Crippen LogP contribution in [-0.4, -0.2) is 52.2 Å². The van der Waals surface area contributed by atoms with Crippen LogP contribution in [0.5, 0.6) is 0 Å². The van der Waals surface area contributed by atoms with Crippen molar-refractivity contribution in [1.29, 1.82) is 5.26 Å². The molecule has 1 saturated heterocycles. The molecule has 0 spiro atoms. The smallest absolute Gasteiger partial charge is 0.237 e. The molecule has 1 aliphatic heterocycles. The minimum atomic E-state index is -0.450. The topological polar surface area (TPSA) is 96.1 Å². The number of ether oxygens (including phenoxy) is 1. The van der Waals surface area contributed by atoms with Gasteiger partial charge in [0.1, 0.15) is 6.07 Å². The molecule has 32 heavy (non-hydrogen) atoms. The fourth-order valence-corrected chi connectivity index (χ4v) is 4.33. The molecule has 0 radical (unpaired) electrons. The number of para-hydroxylation sites is 1. The minimum Gasteiger partial charge on any atom is -0.378 e. The van der Waals surface area contributed by atoms with Crippen molar-refractivity contribution in [1.82, 2.24) is 14.8 Å². The highest BCUT2D eigenvalue weighted by atomic mass is 35.5. The van der Waals surface area contributed by atoms with E-state index in [0.717, 1.165) is 24.7 Å². The lowest BCUT2D eigenvalue weighted by molar-refractivity contribution is -0.115. The predicted octanol–water partition coefficient (Wildman–Crippen LogP) is 3.75. The third kappa shape index (κ3) is 4.88. The zero-order chi connectivity index (χ0) is 22.5. The number of nitrogens with zero attached hydrogens (tertiary/aromatic N) is 5. The number of amides is 1. The Kier molecular flexibility index (Phi) is 6.95. The van der Waals surface area contributed by atoms with Crippen molar-refractivity contribution in [2.24, 2.45) is 0 Å². The monoisotopic (exact) mass is 468 g/mol. The van der Waals surface area contributed by atoms with Gasteiger partial charge in [-0.1, -0.05) is 41.6 Å². The van der Waals surface area contributed by atoms with Crippen molar-refractivity contribution in [2.75, 3.05) is 36.5 Å². The summed E-state index contributed by atoms with van der Waals surface area (Å²) in [6, 6.07) is 16.6. The maximum Gasteiger partial charge on any atom is 0.237 e. The van der Waals surface area contributed by atoms with Crippen molar-refractivity contribution in [3.05, 3.63) is 59.1 Å². The lowest BCUT2D eigenvalue weighted by Crippen LogP contribution is -2.37. The predicted molar refractivity (Wildman–Crippen MR) is 125 cm³/mol. The lowest BCUT2D eigenvalue weighted by atomic mass is 10.2. The van der Waals surface area contributed by atoms with E-state index in [4.69, 9.17) is 21.6 Å². The number of rotatable bonds is 6. The van der Waals surface area contributed by atoms with Gasteiger partial charge in [0.05, 0.1) is 34.7 Å². The van der Waals surface area contributed by atoms with Gasteiger partial charge in [-0.2, -0.15) is 5.26 Å². The van der Waals surface area contributed by atoms with Crippen LogP contribution in [0, 0.1) is 11.3 Å². The lowest BCUT2D eigenvalue weighted by Gasteiger charge is -2.28. The zero-order valence-electron chi connectivity index (χ0n) is 17.4. The van der Waals surface area contributed by atoms with Gasteiger partial charge in [-0.3, -0.25) is 9.36 Å². The van der Waals surface area contributed by atoms with Crippen LogP contribution in [-0.2, 0) is 9.53 Å². The first-order valence-corrected chi connectivity index (χ1v) is 11.3. The van der Waals surface area contributed by atoms with Gasteiger partial charge in [-0.15, -0.1) is 10.2 Å². The molecule has 2 heterocycles. The summed E-state index contributed by atoms with van der Waals surface area (Å²) in [6.45, 7) is 4.53. The van der Waals surface area contributed by atoms with E-state index in [2.05, 4.69) is 20.4 Å².